The fourth-order valence-corrected chi connectivity index (χ4v) is 4.71. The van der Waals surface area contributed by atoms with Gasteiger partial charge in [0.1, 0.15) is 5.82 Å². The maximum absolute atomic E-state index is 13.6. The molecule has 3 aromatic heterocycles. The second-order valence-electron chi connectivity index (χ2n) is 9.76. The Balaban J connectivity index is 1.59. The largest absolute Gasteiger partial charge is 0.418 e. The van der Waals surface area contributed by atoms with Gasteiger partial charge in [0.25, 0.3) is 11.1 Å². The Kier molecular flexibility index (Phi) is 6.93. The summed E-state index contributed by atoms with van der Waals surface area (Å²) >= 11 is 0. The third-order valence-electron chi connectivity index (χ3n) is 6.83. The summed E-state index contributed by atoms with van der Waals surface area (Å²) in [4.78, 5) is 34.1. The van der Waals surface area contributed by atoms with Crippen molar-refractivity contribution in [1.82, 2.24) is 24.3 Å². The molecule has 0 aliphatic rings. The highest BCUT2D eigenvalue weighted by Gasteiger charge is 2.34. The van der Waals surface area contributed by atoms with Gasteiger partial charge >= 0.3 is 6.18 Å². The lowest BCUT2D eigenvalue weighted by Crippen LogP contribution is -2.20. The zero-order chi connectivity index (χ0) is 29.6. The number of rotatable bonds is 5. The number of nitrogens with zero attached hydrogens (tertiary/aromatic N) is 5. The van der Waals surface area contributed by atoms with E-state index in [2.05, 4.69) is 20.4 Å². The first-order chi connectivity index (χ1) is 19.3. The van der Waals surface area contributed by atoms with Crippen molar-refractivity contribution < 1.29 is 17.6 Å². The maximum Gasteiger partial charge on any atom is 0.418 e. The van der Waals surface area contributed by atoms with Crippen molar-refractivity contribution in [3.63, 3.8) is 0 Å². The Bertz CT molecular complexity index is 1910. The SMILES string of the molecule is Cc1cc([C@@H](C)Nc2ccc(F)cc2C(F)(F)F)c2cc(-c3cnc(-c4cnn(C)c(=O)c4)nc3)n(C)c(=O)c2c1. The number of alkyl halides is 3. The molecule has 0 amide bonds. The van der Waals surface area contributed by atoms with E-state index < -0.39 is 23.6 Å². The second-order valence-corrected chi connectivity index (χ2v) is 9.76. The van der Waals surface area contributed by atoms with Gasteiger partial charge in [-0.2, -0.15) is 18.3 Å². The Morgan fingerprint density at radius 2 is 1.61 bits per heavy atom. The third kappa shape index (κ3) is 5.32. The molecule has 1 atom stereocenters. The van der Waals surface area contributed by atoms with Crippen molar-refractivity contribution in [3.8, 4) is 22.6 Å². The zero-order valence-corrected chi connectivity index (χ0v) is 22.4. The van der Waals surface area contributed by atoms with Crippen molar-refractivity contribution in [1.29, 1.82) is 0 Å². The molecule has 0 spiro atoms. The van der Waals surface area contributed by atoms with E-state index >= 15 is 0 Å². The summed E-state index contributed by atoms with van der Waals surface area (Å²) in [6.45, 7) is 3.46. The van der Waals surface area contributed by atoms with Crippen LogP contribution < -0.4 is 16.4 Å². The minimum absolute atomic E-state index is 0.277. The molecule has 3 heterocycles. The normalized spacial score (nSPS) is 12.5. The van der Waals surface area contributed by atoms with Crippen LogP contribution in [0.1, 0.15) is 29.7 Å². The summed E-state index contributed by atoms with van der Waals surface area (Å²) in [5, 5.41) is 7.75. The lowest BCUT2D eigenvalue weighted by atomic mass is 9.96. The first-order valence-corrected chi connectivity index (χ1v) is 12.5. The highest BCUT2D eigenvalue weighted by Crippen LogP contribution is 2.38. The number of hydrogen-bond acceptors (Lipinski definition) is 6. The molecule has 1 N–H and O–H groups in total. The molecule has 0 fully saturated rings. The molecule has 0 radical (unpaired) electrons. The maximum atomic E-state index is 13.6. The Morgan fingerprint density at radius 3 is 2.27 bits per heavy atom. The van der Waals surface area contributed by atoms with Gasteiger partial charge in [-0.3, -0.25) is 9.59 Å². The lowest BCUT2D eigenvalue weighted by molar-refractivity contribution is -0.137. The molecule has 0 aliphatic carbocycles. The Hall–Kier alpha value is -4.87. The molecule has 12 heteroatoms. The van der Waals surface area contributed by atoms with Gasteiger partial charge in [-0.15, -0.1) is 0 Å². The van der Waals surface area contributed by atoms with Gasteiger partial charge in [-0.25, -0.2) is 19.0 Å². The molecule has 210 valence electrons. The molecule has 8 nitrogen and oxygen atoms in total. The smallest absolute Gasteiger partial charge is 0.378 e. The fourth-order valence-electron chi connectivity index (χ4n) is 4.71. The quantitative estimate of drug-likeness (QED) is 0.288. The minimum atomic E-state index is -4.77. The third-order valence-corrected chi connectivity index (χ3v) is 6.83. The van der Waals surface area contributed by atoms with E-state index in [1.54, 1.807) is 39.1 Å². The number of nitrogens with one attached hydrogen (secondary N) is 1. The summed E-state index contributed by atoms with van der Waals surface area (Å²) in [6.07, 6.45) is -0.262. The van der Waals surface area contributed by atoms with Crippen molar-refractivity contribution in [2.24, 2.45) is 14.1 Å². The zero-order valence-electron chi connectivity index (χ0n) is 22.4. The van der Waals surface area contributed by atoms with Gasteiger partial charge in [0, 0.05) is 60.8 Å². The average Bonchev–Trinajstić information content (AvgIpc) is 2.92. The van der Waals surface area contributed by atoms with Crippen molar-refractivity contribution in [2.75, 3.05) is 5.32 Å². The molecule has 2 aromatic carbocycles. The van der Waals surface area contributed by atoms with Gasteiger partial charge in [0.15, 0.2) is 5.82 Å². The average molecular weight is 565 g/mol. The summed E-state index contributed by atoms with van der Waals surface area (Å²) < 4.78 is 57.2. The summed E-state index contributed by atoms with van der Waals surface area (Å²) in [5.74, 6) is -0.720. The van der Waals surface area contributed by atoms with Crippen LogP contribution in [0.4, 0.5) is 23.2 Å². The van der Waals surface area contributed by atoms with Gasteiger partial charge < -0.3 is 9.88 Å². The first-order valence-electron chi connectivity index (χ1n) is 12.5. The van der Waals surface area contributed by atoms with E-state index in [-0.39, 0.29) is 22.6 Å². The van der Waals surface area contributed by atoms with Crippen LogP contribution in [0.25, 0.3) is 33.4 Å². The van der Waals surface area contributed by atoms with E-state index in [4.69, 9.17) is 0 Å². The highest BCUT2D eigenvalue weighted by atomic mass is 19.4. The van der Waals surface area contributed by atoms with E-state index in [9.17, 15) is 27.2 Å². The number of benzene rings is 2. The Morgan fingerprint density at radius 1 is 0.902 bits per heavy atom. The minimum Gasteiger partial charge on any atom is -0.378 e. The molecule has 0 aliphatic heterocycles. The predicted molar refractivity (Wildman–Crippen MR) is 147 cm³/mol. The standard InChI is InChI=1S/C29H24F4N6O2/c1-15-7-20(16(2)37-24-6-5-19(30)10-23(24)29(31,32)33)21-11-25(38(3)28(41)22(21)8-15)18-12-34-27(35-13-18)17-9-26(40)39(4)36-14-17/h5-14,16,37H,1-4H3/t16-/m1/s1. The summed E-state index contributed by atoms with van der Waals surface area (Å²) in [7, 11) is 3.13. The van der Waals surface area contributed by atoms with Crippen LogP contribution in [0.3, 0.4) is 0 Å². The molecule has 5 aromatic rings. The molecule has 0 bridgehead atoms. The number of hydrogen-bond donors (Lipinski definition) is 1. The number of aryl methyl sites for hydroxylation is 2. The summed E-state index contributed by atoms with van der Waals surface area (Å²) in [5.41, 5.74) is 0.720. The molecular weight excluding hydrogens is 540 g/mol. The van der Waals surface area contributed by atoms with Crippen LogP contribution in [-0.4, -0.2) is 24.3 Å². The number of halogens is 4. The van der Waals surface area contributed by atoms with Crippen LogP contribution >= 0.6 is 0 Å². The van der Waals surface area contributed by atoms with Crippen LogP contribution in [0, 0.1) is 12.7 Å². The molecule has 41 heavy (non-hydrogen) atoms. The van der Waals surface area contributed by atoms with Gasteiger partial charge in [0.05, 0.1) is 17.5 Å². The van der Waals surface area contributed by atoms with E-state index in [0.717, 1.165) is 17.7 Å². The van der Waals surface area contributed by atoms with Crippen LogP contribution in [0.2, 0.25) is 0 Å². The highest BCUT2D eigenvalue weighted by molar-refractivity contribution is 5.89. The first kappa shape index (κ1) is 27.7. The number of fused-ring (bicyclic) bond motifs is 1. The number of anilines is 1. The van der Waals surface area contributed by atoms with Crippen LogP contribution in [-0.2, 0) is 20.3 Å². The fraction of sp³-hybridized carbons (Fsp3) is 0.207. The van der Waals surface area contributed by atoms with Crippen molar-refractivity contribution in [3.05, 3.63) is 104 Å². The van der Waals surface area contributed by atoms with E-state index in [0.29, 0.717) is 39.2 Å². The van der Waals surface area contributed by atoms with Crippen molar-refractivity contribution >= 4 is 16.5 Å². The summed E-state index contributed by atoms with van der Waals surface area (Å²) in [6, 6.07) is 8.41. The number of aromatic nitrogens is 5. The van der Waals surface area contributed by atoms with Gasteiger partial charge in [0.2, 0.25) is 0 Å². The molecule has 5 rings (SSSR count). The van der Waals surface area contributed by atoms with Crippen LogP contribution in [0.5, 0.6) is 0 Å². The molecule has 0 unspecified atom stereocenters. The predicted octanol–water partition coefficient (Wildman–Crippen LogP) is 5.40. The Labute approximate surface area is 230 Å². The van der Waals surface area contributed by atoms with Gasteiger partial charge in [-0.1, -0.05) is 6.07 Å². The monoisotopic (exact) mass is 564 g/mol. The number of pyridine rings is 1. The van der Waals surface area contributed by atoms with E-state index in [1.807, 2.05) is 0 Å². The second kappa shape index (κ2) is 10.3. The molecule has 0 saturated carbocycles. The van der Waals surface area contributed by atoms with E-state index in [1.165, 1.54) is 41.0 Å². The molecule has 0 saturated heterocycles. The molecular formula is C29H24F4N6O2. The lowest BCUT2D eigenvalue weighted by Gasteiger charge is -2.22. The topological polar surface area (TPSA) is 94.7 Å². The van der Waals surface area contributed by atoms with Crippen LogP contribution in [0.15, 0.2) is 70.6 Å². The van der Waals surface area contributed by atoms with Crippen molar-refractivity contribution in [2.45, 2.75) is 26.1 Å². The van der Waals surface area contributed by atoms with Gasteiger partial charge in [-0.05, 0) is 60.7 Å².